The van der Waals surface area contributed by atoms with E-state index < -0.39 is 0 Å². The first kappa shape index (κ1) is 18.8. The van der Waals surface area contributed by atoms with Crippen molar-refractivity contribution in [3.8, 4) is 11.5 Å². The number of carbonyl (C=O) groups excluding carboxylic acids is 1. The third kappa shape index (κ3) is 4.16. The first-order valence-corrected chi connectivity index (χ1v) is 9.48. The fraction of sp³-hybridized carbons (Fsp3) is 0.217. The molecule has 2 heterocycles. The number of aromatic amines is 1. The Kier molecular flexibility index (Phi) is 5.08. The number of hydrogen-bond donors (Lipinski definition) is 2. The minimum atomic E-state index is -0.216. The maximum Gasteiger partial charge on any atom is 0.251 e. The Morgan fingerprint density at radius 2 is 1.90 bits per heavy atom. The molecule has 1 aromatic heterocycles. The minimum Gasteiger partial charge on any atom is -0.454 e. The van der Waals surface area contributed by atoms with Gasteiger partial charge in [0.1, 0.15) is 0 Å². The number of aryl methyl sites for hydroxylation is 2. The van der Waals surface area contributed by atoms with Crippen molar-refractivity contribution in [3.05, 3.63) is 75.1 Å². The Balaban J connectivity index is 1.37. The maximum absolute atomic E-state index is 12.3. The molecule has 2 N–H and O–H groups in total. The van der Waals surface area contributed by atoms with Crippen LogP contribution in [-0.2, 0) is 11.2 Å². The number of aromatic nitrogens is 1. The average Bonchev–Trinajstić information content (AvgIpc) is 3.16. The van der Waals surface area contributed by atoms with Crippen molar-refractivity contribution in [2.45, 2.75) is 20.3 Å². The molecule has 2 aromatic carbocycles. The normalized spacial score (nSPS) is 12.6. The summed E-state index contributed by atoms with van der Waals surface area (Å²) < 4.78 is 10.6. The predicted octanol–water partition coefficient (Wildman–Crippen LogP) is 3.25. The van der Waals surface area contributed by atoms with Crippen LogP contribution >= 0.6 is 0 Å². The maximum atomic E-state index is 12.3. The molecule has 0 atom stereocenters. The lowest BCUT2D eigenvalue weighted by atomic mass is 10.0. The molecule has 3 aromatic rings. The lowest BCUT2D eigenvalue weighted by Crippen LogP contribution is -2.25. The van der Waals surface area contributed by atoms with Crippen molar-refractivity contribution >= 4 is 22.9 Å². The number of fused-ring (bicyclic) bond motifs is 2. The molecule has 29 heavy (non-hydrogen) atoms. The first-order valence-electron chi connectivity index (χ1n) is 9.48. The van der Waals surface area contributed by atoms with E-state index in [4.69, 9.17) is 9.47 Å². The molecule has 6 nitrogen and oxygen atoms in total. The summed E-state index contributed by atoms with van der Waals surface area (Å²) in [4.78, 5) is 27.3. The van der Waals surface area contributed by atoms with Gasteiger partial charge in [-0.2, -0.15) is 0 Å². The summed E-state index contributed by atoms with van der Waals surface area (Å²) in [7, 11) is 0. The number of amides is 1. The Hall–Kier alpha value is -3.54. The molecule has 0 radical (unpaired) electrons. The number of benzene rings is 2. The molecule has 0 fully saturated rings. The van der Waals surface area contributed by atoms with E-state index in [1.165, 1.54) is 11.6 Å². The second kappa shape index (κ2) is 7.83. The van der Waals surface area contributed by atoms with Gasteiger partial charge in [0.2, 0.25) is 12.7 Å². The van der Waals surface area contributed by atoms with Crippen molar-refractivity contribution in [1.29, 1.82) is 0 Å². The summed E-state index contributed by atoms with van der Waals surface area (Å²) in [5.41, 5.74) is 4.53. The largest absolute Gasteiger partial charge is 0.454 e. The van der Waals surface area contributed by atoms with Gasteiger partial charge in [-0.25, -0.2) is 0 Å². The zero-order valence-corrected chi connectivity index (χ0v) is 16.4. The van der Waals surface area contributed by atoms with Crippen LogP contribution in [0.1, 0.15) is 22.3 Å². The molecule has 0 spiro atoms. The Morgan fingerprint density at radius 1 is 1.10 bits per heavy atom. The standard InChI is InChI=1S/C23H22N2O4/c1-14-9-18-12-17(23(27)25-19(18)10-15(14)2)7-8-24-22(26)6-4-16-3-5-20-21(11-16)29-13-28-20/h3-6,9-12H,7-8,13H2,1-2H3,(H,24,26)(H,25,27)/b6-4-. The van der Waals surface area contributed by atoms with Gasteiger partial charge in [-0.1, -0.05) is 6.07 Å². The highest BCUT2D eigenvalue weighted by Gasteiger charge is 2.12. The molecule has 1 aliphatic heterocycles. The van der Waals surface area contributed by atoms with Crippen LogP contribution in [0.2, 0.25) is 0 Å². The van der Waals surface area contributed by atoms with E-state index in [9.17, 15) is 9.59 Å². The lowest BCUT2D eigenvalue weighted by Gasteiger charge is -2.07. The summed E-state index contributed by atoms with van der Waals surface area (Å²) in [6, 6.07) is 11.4. The van der Waals surface area contributed by atoms with E-state index in [1.54, 1.807) is 6.08 Å². The van der Waals surface area contributed by atoms with Crippen LogP contribution < -0.4 is 20.3 Å². The highest BCUT2D eigenvalue weighted by atomic mass is 16.7. The zero-order chi connectivity index (χ0) is 20.4. The van der Waals surface area contributed by atoms with Crippen LogP contribution in [0.3, 0.4) is 0 Å². The van der Waals surface area contributed by atoms with Crippen LogP contribution in [0.25, 0.3) is 17.0 Å². The van der Waals surface area contributed by atoms with Gasteiger partial charge in [0, 0.05) is 23.7 Å². The quantitative estimate of drug-likeness (QED) is 0.656. The molecule has 4 rings (SSSR count). The van der Waals surface area contributed by atoms with Gasteiger partial charge in [0.25, 0.3) is 5.56 Å². The topological polar surface area (TPSA) is 80.4 Å². The summed E-state index contributed by atoms with van der Waals surface area (Å²) in [6.45, 7) is 4.67. The van der Waals surface area contributed by atoms with Gasteiger partial charge in [0.15, 0.2) is 11.5 Å². The number of nitrogens with one attached hydrogen (secondary N) is 2. The second-order valence-electron chi connectivity index (χ2n) is 7.13. The van der Waals surface area contributed by atoms with Gasteiger partial charge < -0.3 is 19.8 Å². The average molecular weight is 390 g/mol. The SMILES string of the molecule is Cc1cc2cc(CCNC(=O)/C=C\c3ccc4c(c3)OCO4)c(=O)[nH]c2cc1C. The molecule has 6 heteroatoms. The molecule has 0 bridgehead atoms. The van der Waals surface area contributed by atoms with Crippen molar-refractivity contribution < 1.29 is 14.3 Å². The van der Waals surface area contributed by atoms with E-state index in [2.05, 4.69) is 16.4 Å². The molecular weight excluding hydrogens is 368 g/mol. The fourth-order valence-corrected chi connectivity index (χ4v) is 3.28. The predicted molar refractivity (Wildman–Crippen MR) is 112 cm³/mol. The third-order valence-corrected chi connectivity index (χ3v) is 5.05. The van der Waals surface area contributed by atoms with Gasteiger partial charge in [-0.05, 0) is 78.8 Å². The van der Waals surface area contributed by atoms with Gasteiger partial charge in [-0.15, -0.1) is 0 Å². The van der Waals surface area contributed by atoms with Crippen LogP contribution in [0, 0.1) is 13.8 Å². The smallest absolute Gasteiger partial charge is 0.251 e. The number of pyridine rings is 1. The number of rotatable bonds is 5. The van der Waals surface area contributed by atoms with Crippen LogP contribution in [0.4, 0.5) is 0 Å². The molecule has 0 saturated heterocycles. The first-order chi connectivity index (χ1) is 14.0. The molecular formula is C23H22N2O4. The van der Waals surface area contributed by atoms with Crippen molar-refractivity contribution in [1.82, 2.24) is 10.3 Å². The number of H-pyrrole nitrogens is 1. The van der Waals surface area contributed by atoms with E-state index in [-0.39, 0.29) is 18.3 Å². The number of carbonyl (C=O) groups is 1. The van der Waals surface area contributed by atoms with Crippen LogP contribution in [0.15, 0.2) is 47.3 Å². The summed E-state index contributed by atoms with van der Waals surface area (Å²) in [5, 5.41) is 3.81. The molecule has 0 saturated carbocycles. The monoisotopic (exact) mass is 390 g/mol. The van der Waals surface area contributed by atoms with Gasteiger partial charge in [-0.3, -0.25) is 9.59 Å². The highest BCUT2D eigenvalue weighted by Crippen LogP contribution is 2.32. The summed E-state index contributed by atoms with van der Waals surface area (Å²) in [6.07, 6.45) is 3.64. The van der Waals surface area contributed by atoms with E-state index in [1.807, 2.05) is 44.2 Å². The van der Waals surface area contributed by atoms with E-state index in [0.29, 0.717) is 30.0 Å². The van der Waals surface area contributed by atoms with E-state index in [0.717, 1.165) is 22.0 Å². The highest BCUT2D eigenvalue weighted by molar-refractivity contribution is 5.91. The molecule has 1 aliphatic rings. The lowest BCUT2D eigenvalue weighted by molar-refractivity contribution is -0.116. The van der Waals surface area contributed by atoms with Crippen molar-refractivity contribution in [2.75, 3.05) is 13.3 Å². The molecule has 0 unspecified atom stereocenters. The molecule has 1 amide bonds. The van der Waals surface area contributed by atoms with Crippen LogP contribution in [-0.4, -0.2) is 24.2 Å². The molecule has 148 valence electrons. The van der Waals surface area contributed by atoms with Gasteiger partial charge >= 0.3 is 0 Å². The minimum absolute atomic E-state index is 0.120. The number of hydrogen-bond acceptors (Lipinski definition) is 4. The van der Waals surface area contributed by atoms with Crippen molar-refractivity contribution in [3.63, 3.8) is 0 Å². The summed E-state index contributed by atoms with van der Waals surface area (Å²) >= 11 is 0. The molecule has 0 aliphatic carbocycles. The summed E-state index contributed by atoms with van der Waals surface area (Å²) in [5.74, 6) is 1.16. The van der Waals surface area contributed by atoms with E-state index >= 15 is 0 Å². The Morgan fingerprint density at radius 3 is 2.76 bits per heavy atom. The van der Waals surface area contributed by atoms with Gasteiger partial charge in [0.05, 0.1) is 0 Å². The Labute approximate surface area is 168 Å². The fourth-order valence-electron chi connectivity index (χ4n) is 3.28. The third-order valence-electron chi connectivity index (χ3n) is 5.05. The van der Waals surface area contributed by atoms with Crippen molar-refractivity contribution in [2.24, 2.45) is 0 Å². The zero-order valence-electron chi connectivity index (χ0n) is 16.4. The number of ether oxygens (including phenoxy) is 2. The second-order valence-corrected chi connectivity index (χ2v) is 7.13. The van der Waals surface area contributed by atoms with Crippen LogP contribution in [0.5, 0.6) is 11.5 Å². The Bertz CT molecular complexity index is 1180.